The van der Waals surface area contributed by atoms with E-state index < -0.39 is 0 Å². The van der Waals surface area contributed by atoms with Gasteiger partial charge in [-0.25, -0.2) is 0 Å². The lowest BCUT2D eigenvalue weighted by Crippen LogP contribution is -2.25. The maximum Gasteiger partial charge on any atom is 0.122 e. The molecular formula is C19H25N3OS. The summed E-state index contributed by atoms with van der Waals surface area (Å²) in [6.45, 7) is 9.15. The Balaban J connectivity index is 1.97. The Bertz CT molecular complexity index is 751. The monoisotopic (exact) mass is 343 g/mol. The van der Waals surface area contributed by atoms with Gasteiger partial charge in [-0.15, -0.1) is 0 Å². The molecule has 0 N–H and O–H groups in total. The summed E-state index contributed by atoms with van der Waals surface area (Å²) in [7, 11) is 2.15. The Morgan fingerprint density at radius 1 is 1.17 bits per heavy atom. The highest BCUT2D eigenvalue weighted by Crippen LogP contribution is 2.34. The van der Waals surface area contributed by atoms with Crippen LogP contribution in [0.25, 0.3) is 16.8 Å². The number of nitrogens with zero attached hydrogens (tertiary/aromatic N) is 3. The van der Waals surface area contributed by atoms with Gasteiger partial charge < -0.3 is 9.64 Å². The molecule has 0 radical (unpaired) electrons. The zero-order chi connectivity index (χ0) is 17.1. The van der Waals surface area contributed by atoms with E-state index in [1.165, 1.54) is 22.9 Å². The van der Waals surface area contributed by atoms with E-state index in [4.69, 9.17) is 4.74 Å². The maximum atomic E-state index is 5.85. The predicted octanol–water partition coefficient (Wildman–Crippen LogP) is 4.33. The van der Waals surface area contributed by atoms with Gasteiger partial charge in [0.05, 0.1) is 18.3 Å². The van der Waals surface area contributed by atoms with Crippen LogP contribution in [0.4, 0.5) is 0 Å². The summed E-state index contributed by atoms with van der Waals surface area (Å²) in [4.78, 5) is 2.33. The van der Waals surface area contributed by atoms with Gasteiger partial charge in [0.2, 0.25) is 0 Å². The molecular weight excluding hydrogens is 318 g/mol. The first-order valence-electron chi connectivity index (χ1n) is 8.55. The fourth-order valence-corrected chi connectivity index (χ4v) is 3.65. The van der Waals surface area contributed by atoms with E-state index in [1.807, 2.05) is 0 Å². The van der Waals surface area contributed by atoms with Crippen molar-refractivity contribution in [3.63, 3.8) is 0 Å². The van der Waals surface area contributed by atoms with Crippen molar-refractivity contribution in [2.45, 2.75) is 33.6 Å². The lowest BCUT2D eigenvalue weighted by Gasteiger charge is -2.22. The minimum atomic E-state index is 0.752. The van der Waals surface area contributed by atoms with Crippen LogP contribution < -0.4 is 4.74 Å². The summed E-state index contributed by atoms with van der Waals surface area (Å²) in [5.41, 5.74) is 6.83. The lowest BCUT2D eigenvalue weighted by molar-refractivity contribution is 0.315. The molecule has 4 nitrogen and oxygen atoms in total. The smallest absolute Gasteiger partial charge is 0.122 e. The third-order valence-corrected chi connectivity index (χ3v) is 4.90. The summed E-state index contributed by atoms with van der Waals surface area (Å²) >= 11 is 1.30. The average molecular weight is 343 g/mol. The maximum absolute atomic E-state index is 5.85. The molecule has 1 aliphatic rings. The summed E-state index contributed by atoms with van der Waals surface area (Å²) in [6, 6.07) is 4.32. The summed E-state index contributed by atoms with van der Waals surface area (Å²) in [5.74, 6) is 0.972. The molecule has 0 spiro atoms. The number of hydrogen-bond acceptors (Lipinski definition) is 5. The van der Waals surface area contributed by atoms with Crippen molar-refractivity contribution in [2.24, 2.45) is 0 Å². The van der Waals surface area contributed by atoms with E-state index >= 15 is 0 Å². The molecule has 24 heavy (non-hydrogen) atoms. The van der Waals surface area contributed by atoms with Gasteiger partial charge in [0.25, 0.3) is 0 Å². The fourth-order valence-electron chi connectivity index (χ4n) is 3.05. The van der Waals surface area contributed by atoms with Crippen LogP contribution in [-0.2, 0) is 0 Å². The van der Waals surface area contributed by atoms with E-state index in [9.17, 15) is 0 Å². The molecule has 0 fully saturated rings. The number of aromatic nitrogens is 2. The molecule has 0 atom stereocenters. The number of aryl methyl sites for hydroxylation is 2. The second-order valence-corrected chi connectivity index (χ2v) is 7.03. The summed E-state index contributed by atoms with van der Waals surface area (Å²) in [5, 5.41) is 0. The van der Waals surface area contributed by atoms with Crippen LogP contribution in [0, 0.1) is 13.8 Å². The van der Waals surface area contributed by atoms with E-state index in [-0.39, 0.29) is 0 Å². The van der Waals surface area contributed by atoms with E-state index in [0.29, 0.717) is 0 Å². The SMILES string of the molecule is CCCOc1cc(C)c(-c2nsnc2C2=CCCN(C)C2)cc1C. The van der Waals surface area contributed by atoms with E-state index in [0.717, 1.165) is 60.8 Å². The largest absolute Gasteiger partial charge is 0.493 e. The van der Waals surface area contributed by atoms with Gasteiger partial charge in [0, 0.05) is 18.7 Å². The molecule has 0 saturated carbocycles. The average Bonchev–Trinajstić information content (AvgIpc) is 3.04. The first-order chi connectivity index (χ1) is 11.6. The van der Waals surface area contributed by atoms with Gasteiger partial charge in [-0.3, -0.25) is 0 Å². The molecule has 1 aliphatic heterocycles. The topological polar surface area (TPSA) is 38.3 Å². The zero-order valence-corrected chi connectivity index (χ0v) is 15.7. The van der Waals surface area contributed by atoms with Crippen LogP contribution in [0.5, 0.6) is 5.75 Å². The van der Waals surface area contributed by atoms with Gasteiger partial charge in [-0.1, -0.05) is 13.0 Å². The minimum absolute atomic E-state index is 0.752. The van der Waals surface area contributed by atoms with Crippen LogP contribution in [0.3, 0.4) is 0 Å². The standard InChI is InChI=1S/C19H25N3OS/c1-5-9-23-17-11-13(2)16(10-14(17)3)19-18(20-24-21-19)15-7-6-8-22(4)12-15/h7,10-11H,5-6,8-9,12H2,1-4H3. The predicted molar refractivity (Wildman–Crippen MR) is 101 cm³/mol. The van der Waals surface area contributed by atoms with Crippen LogP contribution >= 0.6 is 11.7 Å². The molecule has 2 heterocycles. The number of benzene rings is 1. The molecule has 2 aromatic rings. The minimum Gasteiger partial charge on any atom is -0.493 e. The van der Waals surface area contributed by atoms with E-state index in [2.05, 4.69) is 59.7 Å². The molecule has 0 bridgehead atoms. The molecule has 0 saturated heterocycles. The van der Waals surface area contributed by atoms with Crippen molar-refractivity contribution in [3.05, 3.63) is 35.0 Å². The van der Waals surface area contributed by atoms with Crippen molar-refractivity contribution in [1.29, 1.82) is 0 Å². The van der Waals surface area contributed by atoms with Gasteiger partial charge in [0.1, 0.15) is 17.1 Å². The highest BCUT2D eigenvalue weighted by Gasteiger charge is 2.20. The second-order valence-electron chi connectivity index (χ2n) is 6.50. The Labute approximate surface area is 148 Å². The van der Waals surface area contributed by atoms with Crippen molar-refractivity contribution < 1.29 is 4.74 Å². The molecule has 5 heteroatoms. The zero-order valence-electron chi connectivity index (χ0n) is 14.9. The van der Waals surface area contributed by atoms with Crippen LogP contribution in [0.2, 0.25) is 0 Å². The van der Waals surface area contributed by atoms with Crippen molar-refractivity contribution in [3.8, 4) is 17.0 Å². The van der Waals surface area contributed by atoms with Crippen molar-refractivity contribution >= 4 is 17.3 Å². The van der Waals surface area contributed by atoms with E-state index in [1.54, 1.807) is 0 Å². The highest BCUT2D eigenvalue weighted by atomic mass is 32.1. The van der Waals surface area contributed by atoms with Crippen LogP contribution in [0.1, 0.15) is 36.6 Å². The first-order valence-corrected chi connectivity index (χ1v) is 9.28. The Morgan fingerprint density at radius 3 is 2.71 bits per heavy atom. The van der Waals surface area contributed by atoms with Gasteiger partial charge >= 0.3 is 0 Å². The van der Waals surface area contributed by atoms with Gasteiger partial charge in [-0.05, 0) is 62.6 Å². The van der Waals surface area contributed by atoms with Gasteiger partial charge in [-0.2, -0.15) is 8.75 Å². The molecule has 1 aromatic heterocycles. The Hall–Kier alpha value is -1.72. The van der Waals surface area contributed by atoms with Crippen molar-refractivity contribution in [2.75, 3.05) is 26.7 Å². The third-order valence-electron chi connectivity index (χ3n) is 4.37. The molecule has 0 amide bonds. The first kappa shape index (κ1) is 17.1. The molecule has 128 valence electrons. The normalized spacial score (nSPS) is 15.4. The highest BCUT2D eigenvalue weighted by molar-refractivity contribution is 6.99. The van der Waals surface area contributed by atoms with Crippen LogP contribution in [0.15, 0.2) is 18.2 Å². The molecule has 1 aromatic carbocycles. The molecule has 3 rings (SSSR count). The summed E-state index contributed by atoms with van der Waals surface area (Å²) < 4.78 is 15.1. The quantitative estimate of drug-likeness (QED) is 0.810. The number of ether oxygens (including phenoxy) is 1. The number of likely N-dealkylation sites (N-methyl/N-ethyl adjacent to an activating group) is 1. The Kier molecular flexibility index (Phi) is 5.31. The van der Waals surface area contributed by atoms with Gasteiger partial charge in [0.15, 0.2) is 0 Å². The van der Waals surface area contributed by atoms with Crippen molar-refractivity contribution in [1.82, 2.24) is 13.6 Å². The number of rotatable bonds is 5. The Morgan fingerprint density at radius 2 is 1.96 bits per heavy atom. The molecule has 0 unspecified atom stereocenters. The fraction of sp³-hybridized carbons (Fsp3) is 0.474. The lowest BCUT2D eigenvalue weighted by atomic mass is 9.97. The molecule has 0 aliphatic carbocycles. The second kappa shape index (κ2) is 7.45. The number of hydrogen-bond donors (Lipinski definition) is 0. The third kappa shape index (κ3) is 3.52. The van der Waals surface area contributed by atoms with Crippen LogP contribution in [-0.4, -0.2) is 40.4 Å². The summed E-state index contributed by atoms with van der Waals surface area (Å²) in [6.07, 6.45) is 4.40.